The van der Waals surface area contributed by atoms with Crippen LogP contribution in [0.4, 0.5) is 0 Å². The number of guanidine groups is 1. The Hall–Kier alpha value is -1.97. The predicted molar refractivity (Wildman–Crippen MR) is 129 cm³/mol. The second kappa shape index (κ2) is 11.3. The monoisotopic (exact) mass is 515 g/mol. The van der Waals surface area contributed by atoms with Gasteiger partial charge in [0.15, 0.2) is 17.5 Å². The number of halogens is 1. The van der Waals surface area contributed by atoms with Gasteiger partial charge >= 0.3 is 0 Å². The number of benzene rings is 1. The zero-order valence-corrected chi connectivity index (χ0v) is 21.1. The average Bonchev–Trinajstić information content (AvgIpc) is 2.91. The minimum Gasteiger partial charge on any atom is -0.493 e. The summed E-state index contributed by atoms with van der Waals surface area (Å²) < 4.78 is 12.8. The number of aromatic nitrogens is 2. The second-order valence-corrected chi connectivity index (χ2v) is 6.93. The molecular weight excluding hydrogens is 481 g/mol. The SMILES string of the molecule is CCNC(=NCc1c(C)nn(C)c1C)N(C)Cc1cc(OC)c(OC)cc1C.I. The molecule has 2 aromatic rings. The quantitative estimate of drug-likeness (QED) is 0.347. The van der Waals surface area contributed by atoms with E-state index in [1.165, 1.54) is 11.1 Å². The Balaban J connectivity index is 0.00000420. The van der Waals surface area contributed by atoms with Crippen molar-refractivity contribution in [3.63, 3.8) is 0 Å². The molecular formula is C21H34IN5O2. The lowest BCUT2D eigenvalue weighted by Gasteiger charge is -2.23. The zero-order chi connectivity index (χ0) is 20.8. The van der Waals surface area contributed by atoms with Gasteiger partial charge in [0.05, 0.1) is 26.5 Å². The highest BCUT2D eigenvalue weighted by Crippen LogP contribution is 2.30. The van der Waals surface area contributed by atoms with Gasteiger partial charge in [0.1, 0.15) is 0 Å². The largest absolute Gasteiger partial charge is 0.493 e. The van der Waals surface area contributed by atoms with Crippen molar-refractivity contribution in [2.45, 2.75) is 40.8 Å². The van der Waals surface area contributed by atoms with Gasteiger partial charge in [0, 0.05) is 38.4 Å². The number of ether oxygens (including phenoxy) is 2. The molecule has 0 radical (unpaired) electrons. The van der Waals surface area contributed by atoms with Crippen LogP contribution in [0.15, 0.2) is 17.1 Å². The van der Waals surface area contributed by atoms with E-state index in [0.29, 0.717) is 13.1 Å². The standard InChI is InChI=1S/C21H33N5O2.HI/c1-9-22-21(23-12-18-15(3)24-26(6)16(18)4)25(5)13-17-11-20(28-8)19(27-7)10-14(17)2;/h10-11H,9,12-13H2,1-8H3,(H,22,23);1H. The minimum atomic E-state index is 0. The third kappa shape index (κ3) is 6.01. The molecule has 0 aliphatic carbocycles. The molecule has 0 amide bonds. The maximum Gasteiger partial charge on any atom is 0.194 e. The number of aliphatic imine (C=N–C) groups is 1. The first-order valence-corrected chi connectivity index (χ1v) is 9.52. The fourth-order valence-corrected chi connectivity index (χ4v) is 3.19. The van der Waals surface area contributed by atoms with Crippen molar-refractivity contribution in [3.05, 3.63) is 40.2 Å². The molecule has 0 saturated carbocycles. The summed E-state index contributed by atoms with van der Waals surface area (Å²) in [6, 6.07) is 4.04. The minimum absolute atomic E-state index is 0. The molecule has 29 heavy (non-hydrogen) atoms. The third-order valence-electron chi connectivity index (χ3n) is 4.99. The lowest BCUT2D eigenvalue weighted by Crippen LogP contribution is -2.38. The second-order valence-electron chi connectivity index (χ2n) is 6.93. The highest BCUT2D eigenvalue weighted by Gasteiger charge is 2.14. The lowest BCUT2D eigenvalue weighted by atomic mass is 10.1. The Bertz CT molecular complexity index is 848. The van der Waals surface area contributed by atoms with Gasteiger partial charge in [-0.25, -0.2) is 4.99 Å². The van der Waals surface area contributed by atoms with Crippen LogP contribution < -0.4 is 14.8 Å². The van der Waals surface area contributed by atoms with Crippen LogP contribution in [0.25, 0.3) is 0 Å². The van der Waals surface area contributed by atoms with Crippen LogP contribution in [-0.4, -0.2) is 48.5 Å². The Kier molecular flexibility index (Phi) is 9.75. The van der Waals surface area contributed by atoms with Gasteiger partial charge in [-0.1, -0.05) is 0 Å². The highest BCUT2D eigenvalue weighted by atomic mass is 127. The number of nitrogens with zero attached hydrogens (tertiary/aromatic N) is 4. The van der Waals surface area contributed by atoms with E-state index < -0.39 is 0 Å². The summed E-state index contributed by atoms with van der Waals surface area (Å²) in [4.78, 5) is 6.97. The van der Waals surface area contributed by atoms with Gasteiger partial charge in [-0.3, -0.25) is 4.68 Å². The van der Waals surface area contributed by atoms with Crippen molar-refractivity contribution in [1.82, 2.24) is 20.0 Å². The lowest BCUT2D eigenvalue weighted by molar-refractivity contribution is 0.353. The van der Waals surface area contributed by atoms with Crippen molar-refractivity contribution >= 4 is 29.9 Å². The Labute approximate surface area is 191 Å². The molecule has 0 unspecified atom stereocenters. The van der Waals surface area contributed by atoms with Crippen molar-refractivity contribution in [2.75, 3.05) is 27.8 Å². The van der Waals surface area contributed by atoms with Crippen LogP contribution in [0.5, 0.6) is 11.5 Å². The summed E-state index contributed by atoms with van der Waals surface area (Å²) in [5.41, 5.74) is 5.67. The van der Waals surface area contributed by atoms with Gasteiger partial charge in [0.2, 0.25) is 0 Å². The molecule has 0 saturated heterocycles. The van der Waals surface area contributed by atoms with E-state index in [4.69, 9.17) is 14.5 Å². The van der Waals surface area contributed by atoms with Crippen LogP contribution in [0.1, 0.15) is 35.0 Å². The number of nitrogens with one attached hydrogen (secondary N) is 1. The van der Waals surface area contributed by atoms with Crippen LogP contribution in [0.3, 0.4) is 0 Å². The maximum absolute atomic E-state index is 5.46. The normalized spacial score (nSPS) is 11.1. The van der Waals surface area contributed by atoms with Crippen LogP contribution >= 0.6 is 24.0 Å². The van der Waals surface area contributed by atoms with Crippen molar-refractivity contribution < 1.29 is 9.47 Å². The molecule has 1 aromatic carbocycles. The van der Waals surface area contributed by atoms with Gasteiger partial charge in [-0.05, 0) is 51.0 Å². The Morgan fingerprint density at radius 1 is 1.17 bits per heavy atom. The first-order chi connectivity index (χ1) is 13.3. The van der Waals surface area contributed by atoms with Crippen LogP contribution in [-0.2, 0) is 20.1 Å². The van der Waals surface area contributed by atoms with E-state index in [1.54, 1.807) is 14.2 Å². The van der Waals surface area contributed by atoms with E-state index in [0.717, 1.165) is 41.0 Å². The van der Waals surface area contributed by atoms with Crippen LogP contribution in [0, 0.1) is 20.8 Å². The number of aryl methyl sites for hydroxylation is 3. The highest BCUT2D eigenvalue weighted by molar-refractivity contribution is 14.0. The van der Waals surface area contributed by atoms with E-state index >= 15 is 0 Å². The van der Waals surface area contributed by atoms with Crippen molar-refractivity contribution in [2.24, 2.45) is 12.0 Å². The molecule has 0 spiro atoms. The Morgan fingerprint density at radius 2 is 1.79 bits per heavy atom. The molecule has 0 aliphatic rings. The first kappa shape index (κ1) is 25.1. The molecule has 7 nitrogen and oxygen atoms in total. The van der Waals surface area contributed by atoms with Gasteiger partial charge < -0.3 is 19.7 Å². The summed E-state index contributed by atoms with van der Waals surface area (Å²) in [6.07, 6.45) is 0. The fraction of sp³-hybridized carbons (Fsp3) is 0.524. The summed E-state index contributed by atoms with van der Waals surface area (Å²) in [6.45, 7) is 10.4. The summed E-state index contributed by atoms with van der Waals surface area (Å²) in [5.74, 6) is 2.34. The summed E-state index contributed by atoms with van der Waals surface area (Å²) >= 11 is 0. The zero-order valence-electron chi connectivity index (χ0n) is 18.8. The molecule has 1 heterocycles. The van der Waals surface area contributed by atoms with E-state index in [1.807, 2.05) is 37.8 Å². The molecule has 0 atom stereocenters. The van der Waals surface area contributed by atoms with Gasteiger partial charge in [-0.15, -0.1) is 24.0 Å². The van der Waals surface area contributed by atoms with E-state index in [9.17, 15) is 0 Å². The summed E-state index contributed by atoms with van der Waals surface area (Å²) in [7, 11) is 7.32. The fourth-order valence-electron chi connectivity index (χ4n) is 3.19. The predicted octanol–water partition coefficient (Wildman–Crippen LogP) is 3.58. The molecule has 0 fully saturated rings. The third-order valence-corrected chi connectivity index (χ3v) is 4.99. The number of rotatable bonds is 7. The number of hydrogen-bond acceptors (Lipinski definition) is 4. The molecule has 0 aliphatic heterocycles. The van der Waals surface area contributed by atoms with E-state index in [2.05, 4.69) is 36.1 Å². The number of methoxy groups -OCH3 is 2. The molecule has 162 valence electrons. The average molecular weight is 515 g/mol. The number of hydrogen-bond donors (Lipinski definition) is 1. The molecule has 8 heteroatoms. The molecule has 0 bridgehead atoms. The molecule has 2 rings (SSSR count). The molecule has 1 N–H and O–H groups in total. The summed E-state index contributed by atoms with van der Waals surface area (Å²) in [5, 5.41) is 7.86. The smallest absolute Gasteiger partial charge is 0.194 e. The van der Waals surface area contributed by atoms with Crippen molar-refractivity contribution in [3.8, 4) is 11.5 Å². The van der Waals surface area contributed by atoms with Gasteiger partial charge in [0.25, 0.3) is 0 Å². The Morgan fingerprint density at radius 3 is 2.31 bits per heavy atom. The van der Waals surface area contributed by atoms with E-state index in [-0.39, 0.29) is 24.0 Å². The van der Waals surface area contributed by atoms with Crippen molar-refractivity contribution in [1.29, 1.82) is 0 Å². The van der Waals surface area contributed by atoms with Gasteiger partial charge in [-0.2, -0.15) is 5.10 Å². The topological polar surface area (TPSA) is 63.9 Å². The molecule has 1 aromatic heterocycles. The maximum atomic E-state index is 5.46. The van der Waals surface area contributed by atoms with Crippen LogP contribution in [0.2, 0.25) is 0 Å². The first-order valence-electron chi connectivity index (χ1n) is 9.52.